The summed E-state index contributed by atoms with van der Waals surface area (Å²) in [4.78, 5) is 11.0. The monoisotopic (exact) mass is 334 g/mol. The fraction of sp³-hybridized carbons (Fsp3) is 0.812. The predicted molar refractivity (Wildman–Crippen MR) is 89.2 cm³/mol. The Kier molecular flexibility index (Phi) is 13.6. The molecule has 0 aromatic heterocycles. The largest absolute Gasteiger partial charge is 0.463 e. The molecular formula is C16H31O5P. The highest BCUT2D eigenvalue weighted by atomic mass is 31.2. The number of carbonyl (C=O) groups excluding carboxylic acids is 1. The fourth-order valence-electron chi connectivity index (χ4n) is 1.77. The zero-order valence-electron chi connectivity index (χ0n) is 14.1. The van der Waals surface area contributed by atoms with Crippen molar-refractivity contribution < 1.29 is 23.1 Å². The van der Waals surface area contributed by atoms with Gasteiger partial charge in [-0.2, -0.15) is 0 Å². The summed E-state index contributed by atoms with van der Waals surface area (Å²) >= 11 is 0. The molecule has 0 atom stereocenters. The highest BCUT2D eigenvalue weighted by Crippen LogP contribution is 2.49. The molecule has 0 aliphatic carbocycles. The van der Waals surface area contributed by atoms with Crippen LogP contribution in [0.25, 0.3) is 0 Å². The molecular weight excluding hydrogens is 303 g/mol. The van der Waals surface area contributed by atoms with E-state index in [0.29, 0.717) is 19.6 Å². The Labute approximate surface area is 134 Å². The fourth-order valence-corrected chi connectivity index (χ4v) is 3.43. The zero-order valence-corrected chi connectivity index (χ0v) is 14.9. The van der Waals surface area contributed by atoms with Crippen LogP contribution in [-0.4, -0.2) is 32.0 Å². The molecule has 5 nitrogen and oxygen atoms in total. The van der Waals surface area contributed by atoms with E-state index in [9.17, 15) is 9.36 Å². The molecule has 0 bridgehead atoms. The maximum absolute atomic E-state index is 12.6. The van der Waals surface area contributed by atoms with Gasteiger partial charge >= 0.3 is 13.6 Å². The number of esters is 1. The van der Waals surface area contributed by atoms with Crippen molar-refractivity contribution in [2.45, 2.75) is 58.8 Å². The highest BCUT2D eigenvalue weighted by molar-refractivity contribution is 7.53. The molecule has 22 heavy (non-hydrogen) atoms. The van der Waals surface area contributed by atoms with E-state index < -0.39 is 13.6 Å². The minimum Gasteiger partial charge on any atom is -0.463 e. The molecule has 0 amide bonds. The minimum atomic E-state index is -3.09. The lowest BCUT2D eigenvalue weighted by atomic mass is 10.3. The average molecular weight is 334 g/mol. The van der Waals surface area contributed by atoms with E-state index in [-0.39, 0.29) is 12.8 Å². The summed E-state index contributed by atoms with van der Waals surface area (Å²) in [5.74, 6) is -0.470. The Bertz CT molecular complexity index is 327. The van der Waals surface area contributed by atoms with Crippen LogP contribution in [0.1, 0.15) is 58.8 Å². The van der Waals surface area contributed by atoms with Gasteiger partial charge in [0.1, 0.15) is 0 Å². The van der Waals surface area contributed by atoms with E-state index >= 15 is 0 Å². The summed E-state index contributed by atoms with van der Waals surface area (Å²) in [6.07, 6.45) is 7.87. The van der Waals surface area contributed by atoms with Crippen LogP contribution in [0.15, 0.2) is 12.7 Å². The molecule has 0 N–H and O–H groups in total. The van der Waals surface area contributed by atoms with Crippen LogP contribution in [0.2, 0.25) is 0 Å². The Morgan fingerprint density at radius 2 is 1.50 bits per heavy atom. The Hall–Kier alpha value is -0.640. The maximum Gasteiger partial charge on any atom is 0.330 e. The highest BCUT2D eigenvalue weighted by Gasteiger charge is 2.24. The van der Waals surface area contributed by atoms with Crippen LogP contribution in [-0.2, 0) is 23.1 Å². The Morgan fingerprint density at radius 1 is 0.955 bits per heavy atom. The van der Waals surface area contributed by atoms with Crippen molar-refractivity contribution in [3.63, 3.8) is 0 Å². The van der Waals surface area contributed by atoms with Crippen LogP contribution in [0.5, 0.6) is 0 Å². The average Bonchev–Trinajstić information content (AvgIpc) is 2.52. The number of carbonyl (C=O) groups is 1. The third kappa shape index (κ3) is 12.0. The molecule has 0 fully saturated rings. The lowest BCUT2D eigenvalue weighted by Gasteiger charge is -2.18. The summed E-state index contributed by atoms with van der Waals surface area (Å²) in [5, 5.41) is 0. The first-order chi connectivity index (χ1) is 10.6. The van der Waals surface area contributed by atoms with E-state index in [4.69, 9.17) is 13.8 Å². The molecule has 0 unspecified atom stereocenters. The summed E-state index contributed by atoms with van der Waals surface area (Å²) in [7, 11) is -3.09. The second-order valence-electron chi connectivity index (χ2n) is 5.14. The molecule has 0 aromatic carbocycles. The van der Waals surface area contributed by atoms with Crippen molar-refractivity contribution in [3.8, 4) is 0 Å². The number of unbranched alkanes of at least 4 members (excludes halogenated alkanes) is 4. The van der Waals surface area contributed by atoms with E-state index in [0.717, 1.165) is 44.6 Å². The molecule has 0 rings (SSSR count). The zero-order chi connectivity index (χ0) is 16.7. The van der Waals surface area contributed by atoms with Crippen molar-refractivity contribution in [3.05, 3.63) is 12.7 Å². The molecule has 0 aromatic rings. The topological polar surface area (TPSA) is 61.8 Å². The van der Waals surface area contributed by atoms with Crippen LogP contribution >= 0.6 is 7.60 Å². The maximum atomic E-state index is 12.6. The SMILES string of the molecule is C=CC(=O)OCCCP(=O)(OCCCCC)OCCCCC. The van der Waals surface area contributed by atoms with Gasteiger partial charge in [0, 0.05) is 6.08 Å². The molecule has 130 valence electrons. The third-order valence-electron chi connectivity index (χ3n) is 3.06. The third-order valence-corrected chi connectivity index (χ3v) is 5.07. The number of hydrogen-bond acceptors (Lipinski definition) is 5. The first-order valence-corrected chi connectivity index (χ1v) is 9.98. The Morgan fingerprint density at radius 3 is 1.95 bits per heavy atom. The number of hydrogen-bond donors (Lipinski definition) is 0. The van der Waals surface area contributed by atoms with Gasteiger partial charge in [0.15, 0.2) is 0 Å². The second-order valence-corrected chi connectivity index (χ2v) is 7.33. The van der Waals surface area contributed by atoms with E-state index in [1.165, 1.54) is 0 Å². The molecule has 0 aliphatic heterocycles. The van der Waals surface area contributed by atoms with E-state index in [1.54, 1.807) is 0 Å². The molecule has 0 radical (unpaired) electrons. The molecule has 0 saturated carbocycles. The first-order valence-electron chi connectivity index (χ1n) is 8.25. The number of rotatable bonds is 15. The van der Waals surface area contributed by atoms with Crippen LogP contribution in [0.4, 0.5) is 0 Å². The van der Waals surface area contributed by atoms with Crippen LogP contribution in [0.3, 0.4) is 0 Å². The van der Waals surface area contributed by atoms with Crippen LogP contribution < -0.4 is 0 Å². The van der Waals surface area contributed by atoms with Crippen molar-refractivity contribution in [2.75, 3.05) is 26.0 Å². The summed E-state index contributed by atoms with van der Waals surface area (Å²) in [6, 6.07) is 0. The first kappa shape index (κ1) is 21.4. The van der Waals surface area contributed by atoms with Gasteiger partial charge in [0.25, 0.3) is 0 Å². The normalized spacial score (nSPS) is 11.4. The van der Waals surface area contributed by atoms with E-state index in [1.807, 2.05) is 0 Å². The van der Waals surface area contributed by atoms with Crippen molar-refractivity contribution in [2.24, 2.45) is 0 Å². The summed E-state index contributed by atoms with van der Waals surface area (Å²) in [6.45, 7) is 8.64. The van der Waals surface area contributed by atoms with Crippen molar-refractivity contribution in [1.29, 1.82) is 0 Å². The Balaban J connectivity index is 4.15. The van der Waals surface area contributed by atoms with Gasteiger partial charge in [-0.15, -0.1) is 0 Å². The molecule has 6 heteroatoms. The van der Waals surface area contributed by atoms with Gasteiger partial charge in [0.2, 0.25) is 0 Å². The lowest BCUT2D eigenvalue weighted by molar-refractivity contribution is -0.137. The van der Waals surface area contributed by atoms with Crippen LogP contribution in [0, 0.1) is 0 Å². The number of ether oxygens (including phenoxy) is 1. The van der Waals surface area contributed by atoms with Gasteiger partial charge in [-0.05, 0) is 19.3 Å². The van der Waals surface area contributed by atoms with Gasteiger partial charge in [0.05, 0.1) is 26.0 Å². The van der Waals surface area contributed by atoms with Crippen molar-refractivity contribution in [1.82, 2.24) is 0 Å². The lowest BCUT2D eigenvalue weighted by Crippen LogP contribution is -2.07. The van der Waals surface area contributed by atoms with E-state index in [2.05, 4.69) is 20.4 Å². The standard InChI is InChI=1S/C16H31O5P/c1-4-7-9-13-20-22(18,21-14-10-8-5-2)15-11-12-19-16(17)6-3/h6H,3-5,7-15H2,1-2H3. The van der Waals surface area contributed by atoms with Gasteiger partial charge < -0.3 is 13.8 Å². The van der Waals surface area contributed by atoms with Gasteiger partial charge in [-0.25, -0.2) is 4.79 Å². The molecule has 0 spiro atoms. The minimum absolute atomic E-state index is 0.200. The quantitative estimate of drug-likeness (QED) is 0.188. The molecule has 0 heterocycles. The summed E-state index contributed by atoms with van der Waals surface area (Å²) in [5.41, 5.74) is 0. The van der Waals surface area contributed by atoms with Gasteiger partial charge in [-0.3, -0.25) is 4.57 Å². The van der Waals surface area contributed by atoms with Gasteiger partial charge in [-0.1, -0.05) is 46.1 Å². The summed E-state index contributed by atoms with van der Waals surface area (Å²) < 4.78 is 28.6. The second kappa shape index (κ2) is 14.0. The predicted octanol–water partition coefficient (Wildman–Crippen LogP) is 4.71. The molecule has 0 aliphatic rings. The smallest absolute Gasteiger partial charge is 0.330 e. The van der Waals surface area contributed by atoms with Crippen molar-refractivity contribution >= 4 is 13.6 Å². The molecule has 0 saturated heterocycles.